The van der Waals surface area contributed by atoms with Gasteiger partial charge in [0.15, 0.2) is 17.0 Å². The summed E-state index contributed by atoms with van der Waals surface area (Å²) >= 11 is 0. The molecular formula is C28H31FN5O6+. The van der Waals surface area contributed by atoms with E-state index in [1.54, 1.807) is 12.1 Å². The molecule has 4 aliphatic heterocycles. The van der Waals surface area contributed by atoms with Crippen LogP contribution in [0.25, 0.3) is 0 Å². The average molecular weight is 553 g/mol. The van der Waals surface area contributed by atoms with E-state index in [0.29, 0.717) is 18.7 Å². The van der Waals surface area contributed by atoms with E-state index in [0.717, 1.165) is 36.1 Å². The monoisotopic (exact) mass is 552 g/mol. The van der Waals surface area contributed by atoms with Crippen molar-refractivity contribution in [3.63, 3.8) is 0 Å². The molecule has 1 aromatic carbocycles. The first-order valence-corrected chi connectivity index (χ1v) is 13.2. The Balaban J connectivity index is 1.46. The molecule has 1 fully saturated rings. The number of halogens is 1. The second-order valence-electron chi connectivity index (χ2n) is 9.81. The number of benzene rings is 1. The molecule has 0 saturated carbocycles. The molecule has 11 nitrogen and oxygen atoms in total. The van der Waals surface area contributed by atoms with Crippen LogP contribution in [0.15, 0.2) is 64.3 Å². The number of hydrogen-bond acceptors (Lipinski definition) is 8. The number of carbonyl (C=O) groups is 3. The molecule has 0 radical (unpaired) electrons. The SMILES string of the molecule is COCCNC(=O)C1=C(O)C2=NC=C(Cc3ccc(F)cc3)C3OC(C(=O)NCCN4CCCC4)=C[N+](=C23)C1=O. The summed E-state index contributed by atoms with van der Waals surface area (Å²) in [5.74, 6) is -3.20. The lowest BCUT2D eigenvalue weighted by Crippen LogP contribution is -2.52. The van der Waals surface area contributed by atoms with E-state index in [2.05, 4.69) is 20.5 Å². The largest absolute Gasteiger partial charge is 0.504 e. The molecular weight excluding hydrogens is 521 g/mol. The summed E-state index contributed by atoms with van der Waals surface area (Å²) in [6.45, 7) is 3.40. The minimum absolute atomic E-state index is 0.00547. The fourth-order valence-corrected chi connectivity index (χ4v) is 5.06. The molecule has 3 amide bonds. The molecule has 4 aliphatic rings. The minimum atomic E-state index is -0.953. The number of amides is 3. The Bertz CT molecular complexity index is 1370. The van der Waals surface area contributed by atoms with Gasteiger partial charge in [-0.1, -0.05) is 12.1 Å². The number of rotatable bonds is 10. The molecule has 40 heavy (non-hydrogen) atoms. The van der Waals surface area contributed by atoms with Crippen LogP contribution in [0.1, 0.15) is 18.4 Å². The Morgan fingerprint density at radius 2 is 1.90 bits per heavy atom. The number of aliphatic hydroxyl groups excluding tert-OH is 1. The van der Waals surface area contributed by atoms with E-state index in [-0.39, 0.29) is 42.6 Å². The maximum absolute atomic E-state index is 13.6. The van der Waals surface area contributed by atoms with Crippen molar-refractivity contribution in [2.45, 2.75) is 25.4 Å². The summed E-state index contributed by atoms with van der Waals surface area (Å²) < 4.78 is 25.7. The molecule has 1 atom stereocenters. The Labute approximate surface area is 230 Å². The fraction of sp³-hybridized carbons (Fsp3) is 0.393. The molecule has 0 bridgehead atoms. The van der Waals surface area contributed by atoms with Gasteiger partial charge in [-0.3, -0.25) is 9.59 Å². The van der Waals surface area contributed by atoms with Crippen molar-refractivity contribution >= 4 is 29.1 Å². The highest BCUT2D eigenvalue weighted by atomic mass is 19.1. The van der Waals surface area contributed by atoms with E-state index in [1.807, 2.05) is 0 Å². The van der Waals surface area contributed by atoms with E-state index < -0.39 is 35.2 Å². The normalized spacial score (nSPS) is 20.4. The second kappa shape index (κ2) is 11.9. The Hall–Kier alpha value is -4.16. The average Bonchev–Trinajstić information content (AvgIpc) is 3.47. The van der Waals surface area contributed by atoms with Crippen molar-refractivity contribution in [3.05, 3.63) is 70.7 Å². The number of nitrogens with zero attached hydrogens (tertiary/aromatic N) is 3. The highest BCUT2D eigenvalue weighted by Crippen LogP contribution is 2.30. The highest BCUT2D eigenvalue weighted by Gasteiger charge is 2.52. The van der Waals surface area contributed by atoms with Gasteiger partial charge in [-0.25, -0.2) is 14.2 Å². The van der Waals surface area contributed by atoms with Crippen molar-refractivity contribution in [2.75, 3.05) is 46.4 Å². The van der Waals surface area contributed by atoms with Gasteiger partial charge < -0.3 is 30.1 Å². The third-order valence-corrected chi connectivity index (χ3v) is 7.11. The Kier molecular flexibility index (Phi) is 8.17. The van der Waals surface area contributed by atoms with E-state index >= 15 is 0 Å². The highest BCUT2D eigenvalue weighted by molar-refractivity contribution is 6.52. The number of aliphatic hydroxyl groups is 1. The van der Waals surface area contributed by atoms with Crippen molar-refractivity contribution in [1.29, 1.82) is 0 Å². The third-order valence-electron chi connectivity index (χ3n) is 7.11. The molecule has 4 heterocycles. The molecule has 1 aromatic rings. The van der Waals surface area contributed by atoms with Crippen LogP contribution < -0.4 is 10.6 Å². The van der Waals surface area contributed by atoms with Gasteiger partial charge in [0, 0.05) is 38.5 Å². The lowest BCUT2D eigenvalue weighted by molar-refractivity contribution is -0.385. The van der Waals surface area contributed by atoms with Crippen molar-refractivity contribution in [3.8, 4) is 0 Å². The number of ether oxygens (including phenoxy) is 2. The molecule has 3 N–H and O–H groups in total. The van der Waals surface area contributed by atoms with Crippen LogP contribution in [0.3, 0.4) is 0 Å². The smallest absolute Gasteiger partial charge is 0.434 e. The number of nitrogens with one attached hydrogen (secondary N) is 2. The van der Waals surface area contributed by atoms with Crippen LogP contribution in [-0.2, 0) is 30.3 Å². The lowest BCUT2D eigenvalue weighted by atomic mass is 9.89. The van der Waals surface area contributed by atoms with E-state index in [4.69, 9.17) is 9.47 Å². The zero-order chi connectivity index (χ0) is 28.2. The first-order valence-electron chi connectivity index (χ1n) is 13.2. The summed E-state index contributed by atoms with van der Waals surface area (Å²) in [5.41, 5.74) is 1.03. The number of carbonyl (C=O) groups excluding carboxylic acids is 3. The van der Waals surface area contributed by atoms with Gasteiger partial charge in [-0.2, -0.15) is 0 Å². The Morgan fingerprint density at radius 1 is 1.18 bits per heavy atom. The van der Waals surface area contributed by atoms with Crippen LogP contribution in [0, 0.1) is 5.82 Å². The summed E-state index contributed by atoms with van der Waals surface area (Å²) in [4.78, 5) is 46.2. The van der Waals surface area contributed by atoms with Crippen molar-refractivity contribution in [2.24, 2.45) is 4.99 Å². The third kappa shape index (κ3) is 5.58. The lowest BCUT2D eigenvalue weighted by Gasteiger charge is -2.29. The fourth-order valence-electron chi connectivity index (χ4n) is 5.06. The standard InChI is InChI=1S/C28H30FN5O6/c1-39-13-9-31-27(37)21-24(35)22-23-25(18(15-32-22)14-17-4-6-19(29)7-5-17)40-20(16-34(23)28(21)38)26(36)30-8-12-33-10-2-3-11-33/h4-7,15-16,25H,2-3,8-14H2,1H3,(H2-,30,31,35,36,37,38)/p+1. The zero-order valence-corrected chi connectivity index (χ0v) is 22.1. The van der Waals surface area contributed by atoms with Gasteiger partial charge in [0.05, 0.1) is 6.61 Å². The van der Waals surface area contributed by atoms with Crippen molar-refractivity contribution < 1.29 is 37.9 Å². The molecule has 1 saturated heterocycles. The van der Waals surface area contributed by atoms with Gasteiger partial charge in [0.2, 0.25) is 12.3 Å². The van der Waals surface area contributed by atoms with Gasteiger partial charge in [-0.15, -0.1) is 4.58 Å². The molecule has 12 heteroatoms. The van der Waals surface area contributed by atoms with Gasteiger partial charge >= 0.3 is 5.91 Å². The van der Waals surface area contributed by atoms with Crippen molar-refractivity contribution in [1.82, 2.24) is 15.5 Å². The molecule has 5 rings (SSSR count). The first kappa shape index (κ1) is 27.4. The predicted molar refractivity (Wildman–Crippen MR) is 142 cm³/mol. The van der Waals surface area contributed by atoms with Crippen LogP contribution >= 0.6 is 0 Å². The molecule has 0 aromatic heterocycles. The van der Waals surface area contributed by atoms with Crippen LogP contribution in [-0.4, -0.2) is 96.3 Å². The number of methoxy groups -OCH3 is 1. The topological polar surface area (TPSA) is 133 Å². The van der Waals surface area contributed by atoms with Gasteiger partial charge in [-0.05, 0) is 50.0 Å². The van der Waals surface area contributed by atoms with E-state index in [9.17, 15) is 23.9 Å². The quantitative estimate of drug-likeness (QED) is 0.222. The number of likely N-dealkylation sites (tertiary alicyclic amines) is 1. The second-order valence-corrected chi connectivity index (χ2v) is 9.81. The Morgan fingerprint density at radius 3 is 2.62 bits per heavy atom. The van der Waals surface area contributed by atoms with Gasteiger partial charge in [0.25, 0.3) is 23.3 Å². The number of hydrogen-bond donors (Lipinski definition) is 3. The van der Waals surface area contributed by atoms with Crippen LogP contribution in [0.2, 0.25) is 0 Å². The van der Waals surface area contributed by atoms with Crippen LogP contribution in [0.5, 0.6) is 0 Å². The molecule has 0 aliphatic carbocycles. The molecule has 0 spiro atoms. The van der Waals surface area contributed by atoms with Gasteiger partial charge in [0.1, 0.15) is 5.82 Å². The molecule has 210 valence electrons. The first-order chi connectivity index (χ1) is 19.4. The predicted octanol–water partition coefficient (Wildman–Crippen LogP) is 0.727. The van der Waals surface area contributed by atoms with E-state index in [1.165, 1.54) is 31.6 Å². The number of aliphatic imine (C=N–C) groups is 1. The number of allylic oxidation sites excluding steroid dienone is 1. The van der Waals surface area contributed by atoms with Crippen LogP contribution in [0.4, 0.5) is 4.39 Å². The molecule has 1 unspecified atom stereocenters. The maximum atomic E-state index is 13.6. The summed E-state index contributed by atoms with van der Waals surface area (Å²) in [5, 5.41) is 16.4. The maximum Gasteiger partial charge on any atom is 0.434 e. The summed E-state index contributed by atoms with van der Waals surface area (Å²) in [6, 6.07) is 5.91. The zero-order valence-electron chi connectivity index (χ0n) is 22.1. The summed E-state index contributed by atoms with van der Waals surface area (Å²) in [7, 11) is 1.47. The summed E-state index contributed by atoms with van der Waals surface area (Å²) in [6.07, 6.45) is 4.30. The minimum Gasteiger partial charge on any atom is -0.504 e.